The van der Waals surface area contributed by atoms with Crippen LogP contribution < -0.4 is 20.7 Å². The highest BCUT2D eigenvalue weighted by Gasteiger charge is 2.53. The number of nitrogens with zero attached hydrogens (tertiary/aromatic N) is 1. The van der Waals surface area contributed by atoms with Crippen LogP contribution in [0.3, 0.4) is 0 Å². The molecule has 6 rings (SSSR count). The van der Waals surface area contributed by atoms with Gasteiger partial charge in [-0.2, -0.15) is 0 Å². The number of aliphatic carboxylic acids is 1. The molecule has 0 aliphatic carbocycles. The molecule has 394 valence electrons. The second kappa shape index (κ2) is 26.7. The highest BCUT2D eigenvalue weighted by molar-refractivity contribution is 7.00. The number of ether oxygens (including phenoxy) is 5. The van der Waals surface area contributed by atoms with Gasteiger partial charge in [0.1, 0.15) is 31.7 Å². The van der Waals surface area contributed by atoms with Crippen LogP contribution in [0.5, 0.6) is 0 Å². The van der Waals surface area contributed by atoms with E-state index in [0.717, 1.165) is 31.2 Å². The van der Waals surface area contributed by atoms with Gasteiger partial charge in [-0.3, -0.25) is 9.59 Å². The SMILES string of the molecule is COCO[C@H]([C@H](CO[Si](c1ccccc1)(c1ccccc1)C(C)(C)C)OC)[C@H](C)C(=O)O.CO[C@@H](CO[Si](c1ccccc1)(c1ccccc1)C(C)(C)C)[C@@H](O)[C@H](C)C(=O)N1C(=O)OC[C@@H]1Cc1ccccc1. The number of aliphatic hydroxyl groups excluding tert-OH is 1. The van der Waals surface area contributed by atoms with Crippen molar-refractivity contribution in [1.82, 2.24) is 4.90 Å². The van der Waals surface area contributed by atoms with E-state index in [0.29, 0.717) is 6.42 Å². The minimum absolute atomic E-state index is 0.0264. The number of carbonyl (C=O) groups excluding carboxylic acids is 2. The largest absolute Gasteiger partial charge is 0.481 e. The van der Waals surface area contributed by atoms with Crippen molar-refractivity contribution in [3.05, 3.63) is 157 Å². The van der Waals surface area contributed by atoms with Gasteiger partial charge >= 0.3 is 12.1 Å². The molecule has 1 saturated heterocycles. The minimum atomic E-state index is -2.89. The summed E-state index contributed by atoms with van der Waals surface area (Å²) in [5.41, 5.74) is 0.996. The lowest BCUT2D eigenvalue weighted by Gasteiger charge is -2.44. The van der Waals surface area contributed by atoms with Crippen molar-refractivity contribution in [3.63, 3.8) is 0 Å². The molecule has 13 nitrogen and oxygen atoms in total. The zero-order valence-corrected chi connectivity index (χ0v) is 46.4. The summed E-state index contributed by atoms with van der Waals surface area (Å²) >= 11 is 0. The molecule has 1 aliphatic heterocycles. The number of carboxylic acid groups (broad SMARTS) is 1. The van der Waals surface area contributed by atoms with Gasteiger partial charge in [-0.25, -0.2) is 9.69 Å². The lowest BCUT2D eigenvalue weighted by Crippen LogP contribution is -2.67. The topological polar surface area (TPSA) is 160 Å². The Kier molecular flexibility index (Phi) is 21.5. The predicted octanol–water partition coefficient (Wildman–Crippen LogP) is 7.45. The number of rotatable bonds is 23. The molecule has 0 saturated carbocycles. The quantitative estimate of drug-likeness (QED) is 0.0493. The van der Waals surface area contributed by atoms with E-state index in [-0.39, 0.29) is 36.7 Å². The van der Waals surface area contributed by atoms with Gasteiger partial charge in [-0.15, -0.1) is 0 Å². The Labute approximate surface area is 435 Å². The zero-order chi connectivity index (χ0) is 53.4. The van der Waals surface area contributed by atoms with Crippen LogP contribution in [0.1, 0.15) is 61.0 Å². The van der Waals surface area contributed by atoms with Crippen molar-refractivity contribution in [3.8, 4) is 0 Å². The molecule has 1 aliphatic rings. The van der Waals surface area contributed by atoms with Crippen molar-refractivity contribution >= 4 is 55.4 Å². The Balaban J connectivity index is 0.000000280. The van der Waals surface area contributed by atoms with Crippen molar-refractivity contribution in [2.24, 2.45) is 11.8 Å². The third-order valence-electron chi connectivity index (χ3n) is 13.8. The van der Waals surface area contributed by atoms with Crippen LogP contribution in [0.15, 0.2) is 152 Å². The second-order valence-corrected chi connectivity index (χ2v) is 29.2. The van der Waals surface area contributed by atoms with E-state index >= 15 is 0 Å². The molecule has 0 spiro atoms. The molecular formula is C58H77NO12Si2. The standard InChI is InChI=1S/C33H41NO6Si.C25H36O6Si/c1-24(31(36)34-26(22-39-32(34)37)21-25-15-9-6-10-16-25)30(35)29(38-5)23-40-41(33(2,3)4,27-17-11-7-12-18-27)28-19-13-8-14-20-28;1-19(24(26)27)23(30-18-28-5)22(29-6)17-31-32(25(2,3)4,20-13-9-7-10-14-20)21-15-11-8-12-16-21/h6-20,24,26,29-30,35H,21-23H2,1-5H3;7-16,19,22-23H,17-18H2,1-6H3,(H,26,27)/t24-,26-,29-,30-;19-,22-,23-/m00/s1. The maximum Gasteiger partial charge on any atom is 0.416 e. The van der Waals surface area contributed by atoms with E-state index in [1.165, 1.54) is 14.2 Å². The number of aliphatic hydroxyl groups is 1. The van der Waals surface area contributed by atoms with E-state index in [9.17, 15) is 24.6 Å². The first-order chi connectivity index (χ1) is 34.8. The third-order valence-corrected chi connectivity index (χ3v) is 23.8. The lowest BCUT2D eigenvalue weighted by molar-refractivity contribution is -0.168. The number of methoxy groups -OCH3 is 3. The number of hydrogen-bond donors (Lipinski definition) is 2. The average Bonchev–Trinajstić information content (AvgIpc) is 3.75. The van der Waals surface area contributed by atoms with Crippen LogP contribution >= 0.6 is 0 Å². The Morgan fingerprint density at radius 3 is 1.37 bits per heavy atom. The molecule has 2 amide bonds. The maximum absolute atomic E-state index is 13.6. The van der Waals surface area contributed by atoms with E-state index < -0.39 is 76.9 Å². The molecule has 0 unspecified atom stereocenters. The van der Waals surface area contributed by atoms with Crippen LogP contribution in [-0.4, -0.2) is 128 Å². The van der Waals surface area contributed by atoms with Crippen LogP contribution in [0, 0.1) is 11.8 Å². The molecule has 5 aromatic carbocycles. The fourth-order valence-corrected chi connectivity index (χ4v) is 19.0. The normalized spacial score (nSPS) is 16.8. The van der Waals surface area contributed by atoms with E-state index in [2.05, 4.69) is 90.1 Å². The summed E-state index contributed by atoms with van der Waals surface area (Å²) in [6.07, 6.45) is -3.54. The minimum Gasteiger partial charge on any atom is -0.481 e. The number of hydrogen-bond acceptors (Lipinski definition) is 11. The van der Waals surface area contributed by atoms with Gasteiger partial charge < -0.3 is 42.7 Å². The first-order valence-electron chi connectivity index (χ1n) is 24.9. The monoisotopic (exact) mass is 1040 g/mol. The molecule has 5 aromatic rings. The third kappa shape index (κ3) is 13.9. The first kappa shape index (κ1) is 58.6. The Morgan fingerprint density at radius 1 is 0.630 bits per heavy atom. The average molecular weight is 1040 g/mol. The van der Waals surface area contributed by atoms with Gasteiger partial charge in [0.25, 0.3) is 16.6 Å². The van der Waals surface area contributed by atoms with Gasteiger partial charge in [0, 0.05) is 21.3 Å². The lowest BCUT2D eigenvalue weighted by atomic mass is 9.97. The summed E-state index contributed by atoms with van der Waals surface area (Å²) in [6, 6.07) is 50.2. The second-order valence-electron chi connectivity index (χ2n) is 20.6. The van der Waals surface area contributed by atoms with E-state index in [4.69, 9.17) is 32.5 Å². The summed E-state index contributed by atoms with van der Waals surface area (Å²) < 4.78 is 41.3. The van der Waals surface area contributed by atoms with Crippen molar-refractivity contribution in [2.75, 3.05) is 47.9 Å². The molecule has 15 heteroatoms. The van der Waals surface area contributed by atoms with E-state index in [1.54, 1.807) is 21.0 Å². The molecule has 0 radical (unpaired) electrons. The van der Waals surface area contributed by atoms with Crippen LogP contribution in [-0.2, 0) is 48.5 Å². The van der Waals surface area contributed by atoms with Crippen LogP contribution in [0.2, 0.25) is 10.1 Å². The number of carboxylic acids is 1. The summed E-state index contributed by atoms with van der Waals surface area (Å²) in [6.45, 7) is 16.7. The Bertz CT molecular complexity index is 2360. The van der Waals surface area contributed by atoms with Gasteiger partial charge in [-0.1, -0.05) is 200 Å². The summed E-state index contributed by atoms with van der Waals surface area (Å²) in [7, 11) is -1.11. The number of amides is 2. The predicted molar refractivity (Wildman–Crippen MR) is 290 cm³/mol. The van der Waals surface area contributed by atoms with Crippen molar-refractivity contribution < 1.29 is 57.1 Å². The smallest absolute Gasteiger partial charge is 0.416 e. The number of imide groups is 1. The zero-order valence-electron chi connectivity index (χ0n) is 44.4. The summed E-state index contributed by atoms with van der Waals surface area (Å²) in [5.74, 6) is -3.17. The first-order valence-corrected chi connectivity index (χ1v) is 28.7. The maximum atomic E-state index is 13.6. The number of cyclic esters (lactones) is 1. The van der Waals surface area contributed by atoms with Gasteiger partial charge in [0.05, 0.1) is 37.2 Å². The summed E-state index contributed by atoms with van der Waals surface area (Å²) in [5, 5.41) is 25.1. The fraction of sp³-hybridized carbons (Fsp3) is 0.431. The van der Waals surface area contributed by atoms with Crippen LogP contribution in [0.4, 0.5) is 4.79 Å². The highest BCUT2D eigenvalue weighted by atomic mass is 28.4. The molecule has 1 heterocycles. The molecule has 1 fully saturated rings. The summed E-state index contributed by atoms with van der Waals surface area (Å²) in [4.78, 5) is 39.1. The molecular weight excluding hydrogens is 959 g/mol. The fourth-order valence-electron chi connectivity index (χ4n) is 9.86. The number of carbonyl (C=O) groups is 3. The van der Waals surface area contributed by atoms with Crippen LogP contribution in [0.25, 0.3) is 0 Å². The number of benzene rings is 5. The van der Waals surface area contributed by atoms with Crippen molar-refractivity contribution in [2.45, 2.75) is 102 Å². The molecule has 73 heavy (non-hydrogen) atoms. The van der Waals surface area contributed by atoms with Gasteiger partial charge in [0.15, 0.2) is 0 Å². The van der Waals surface area contributed by atoms with E-state index in [1.807, 2.05) is 103 Å². The molecule has 2 N–H and O–H groups in total. The molecule has 0 aromatic heterocycles. The van der Waals surface area contributed by atoms with Gasteiger partial charge in [0.2, 0.25) is 5.91 Å². The van der Waals surface area contributed by atoms with Gasteiger partial charge in [-0.05, 0) is 49.7 Å². The molecule has 7 atom stereocenters. The van der Waals surface area contributed by atoms with Crippen molar-refractivity contribution in [1.29, 1.82) is 0 Å². The Morgan fingerprint density at radius 2 is 1.01 bits per heavy atom. The molecule has 0 bridgehead atoms. The Hall–Kier alpha value is -5.34. The highest BCUT2D eigenvalue weighted by Crippen LogP contribution is 2.39.